The summed E-state index contributed by atoms with van der Waals surface area (Å²) in [4.78, 5) is 42.2. The van der Waals surface area contributed by atoms with Gasteiger partial charge in [0.2, 0.25) is 0 Å². The monoisotopic (exact) mass is 662 g/mol. The van der Waals surface area contributed by atoms with Gasteiger partial charge in [-0.15, -0.1) is 0 Å². The number of carbonyl (C=O) groups is 2. The van der Waals surface area contributed by atoms with Crippen molar-refractivity contribution in [3.63, 3.8) is 0 Å². The molecule has 3 aromatic carbocycles. The van der Waals surface area contributed by atoms with Crippen molar-refractivity contribution in [3.8, 4) is 11.4 Å². The Hall–Kier alpha value is -4.03. The molecular weight excluding hydrogens is 641 g/mol. The van der Waals surface area contributed by atoms with Crippen molar-refractivity contribution in [3.05, 3.63) is 115 Å². The van der Waals surface area contributed by atoms with Gasteiger partial charge in [0.1, 0.15) is 11.4 Å². The minimum absolute atomic E-state index is 0.0228. The van der Waals surface area contributed by atoms with E-state index in [1.54, 1.807) is 30.3 Å². The highest BCUT2D eigenvalue weighted by Crippen LogP contribution is 2.33. The Labute approximate surface area is 251 Å². The first kappa shape index (κ1) is 29.5. The predicted octanol–water partition coefficient (Wildman–Crippen LogP) is 5.75. The van der Waals surface area contributed by atoms with E-state index >= 15 is 0 Å². The van der Waals surface area contributed by atoms with Gasteiger partial charge in [-0.2, -0.15) is 13.2 Å². The number of benzene rings is 3. The zero-order valence-electron chi connectivity index (χ0n) is 22.0. The number of aromatic nitrogens is 2. The van der Waals surface area contributed by atoms with Crippen LogP contribution in [0.1, 0.15) is 38.1 Å². The molecule has 0 saturated carbocycles. The molecule has 0 radical (unpaired) electrons. The molecule has 0 spiro atoms. The van der Waals surface area contributed by atoms with E-state index < -0.39 is 29.7 Å². The maximum Gasteiger partial charge on any atom is 0.412 e. The molecule has 1 aliphatic rings. The highest BCUT2D eigenvalue weighted by Gasteiger charge is 2.43. The summed E-state index contributed by atoms with van der Waals surface area (Å²) in [5, 5.41) is 2.41. The van der Waals surface area contributed by atoms with E-state index in [9.17, 15) is 27.6 Å². The third-order valence-electron chi connectivity index (χ3n) is 6.91. The van der Waals surface area contributed by atoms with Crippen molar-refractivity contribution in [2.45, 2.75) is 25.3 Å². The lowest BCUT2D eigenvalue weighted by Gasteiger charge is -2.29. The summed E-state index contributed by atoms with van der Waals surface area (Å²) < 4.78 is 50.7. The number of fused-ring (bicyclic) bond motifs is 1. The van der Waals surface area contributed by atoms with Gasteiger partial charge in [0, 0.05) is 23.1 Å². The Balaban J connectivity index is 1.60. The van der Waals surface area contributed by atoms with Crippen molar-refractivity contribution < 1.29 is 27.5 Å². The van der Waals surface area contributed by atoms with Gasteiger partial charge in [-0.05, 0) is 64.0 Å². The second-order valence-electron chi connectivity index (χ2n) is 9.48. The van der Waals surface area contributed by atoms with E-state index in [2.05, 4.69) is 21.2 Å². The Morgan fingerprint density at radius 2 is 1.71 bits per heavy atom. The summed E-state index contributed by atoms with van der Waals surface area (Å²) in [6.07, 6.45) is -4.83. The average molecular weight is 664 g/mol. The summed E-state index contributed by atoms with van der Waals surface area (Å²) in [7, 11) is 1.46. The predicted molar refractivity (Wildman–Crippen MR) is 153 cm³/mol. The van der Waals surface area contributed by atoms with E-state index in [-0.39, 0.29) is 47.8 Å². The van der Waals surface area contributed by atoms with Crippen LogP contribution < -0.4 is 15.7 Å². The Bertz CT molecular complexity index is 1710. The number of ether oxygens (including phenoxy) is 1. The number of imidazole rings is 1. The highest BCUT2D eigenvalue weighted by atomic mass is 79.9. The zero-order valence-corrected chi connectivity index (χ0v) is 24.3. The number of hydrogen-bond acceptors (Lipinski definition) is 4. The van der Waals surface area contributed by atoms with Gasteiger partial charge in [0.25, 0.3) is 11.8 Å². The minimum atomic E-state index is -4.83. The largest absolute Gasteiger partial charge is 0.497 e. The minimum Gasteiger partial charge on any atom is -0.497 e. The Morgan fingerprint density at radius 3 is 2.33 bits per heavy atom. The molecule has 218 valence electrons. The SMILES string of the molecule is COc1ccc(-n2c(C(=O)NC(c3ccccc3)C(F)(F)F)c3n(c2=O)CCN(C(=O)c2ccc(Br)c(Cl)c2)C3)cc1. The van der Waals surface area contributed by atoms with Gasteiger partial charge in [-0.3, -0.25) is 18.7 Å². The van der Waals surface area contributed by atoms with Gasteiger partial charge < -0.3 is 15.0 Å². The molecule has 1 N–H and O–H groups in total. The quantitative estimate of drug-likeness (QED) is 0.285. The summed E-state index contributed by atoms with van der Waals surface area (Å²) in [6, 6.07) is 15.5. The van der Waals surface area contributed by atoms with Crippen molar-refractivity contribution in [2.75, 3.05) is 13.7 Å². The number of carbonyl (C=O) groups excluding carboxylic acids is 2. The van der Waals surface area contributed by atoms with Crippen LogP contribution >= 0.6 is 27.5 Å². The maximum absolute atomic E-state index is 14.2. The van der Waals surface area contributed by atoms with Gasteiger partial charge in [0.05, 0.1) is 30.1 Å². The van der Waals surface area contributed by atoms with E-state index in [1.165, 1.54) is 59.0 Å². The fraction of sp³-hybridized carbons (Fsp3) is 0.207. The first-order valence-electron chi connectivity index (χ1n) is 12.6. The fourth-order valence-electron chi connectivity index (χ4n) is 4.85. The van der Waals surface area contributed by atoms with Crippen LogP contribution in [0.4, 0.5) is 13.2 Å². The molecule has 1 atom stereocenters. The van der Waals surface area contributed by atoms with Gasteiger partial charge in [-0.25, -0.2) is 4.79 Å². The Kier molecular flexibility index (Phi) is 8.20. The van der Waals surface area contributed by atoms with Crippen molar-refractivity contribution in [1.82, 2.24) is 19.4 Å². The first-order valence-corrected chi connectivity index (χ1v) is 13.8. The zero-order chi connectivity index (χ0) is 30.2. The molecule has 1 aliphatic heterocycles. The number of rotatable bonds is 6. The van der Waals surface area contributed by atoms with Gasteiger partial charge >= 0.3 is 11.9 Å². The molecule has 13 heteroatoms. The van der Waals surface area contributed by atoms with Crippen LogP contribution in [-0.4, -0.2) is 45.7 Å². The van der Waals surface area contributed by atoms with E-state index in [4.69, 9.17) is 16.3 Å². The number of amides is 2. The number of hydrogen-bond donors (Lipinski definition) is 1. The number of alkyl halides is 3. The lowest BCUT2D eigenvalue weighted by Crippen LogP contribution is -2.42. The van der Waals surface area contributed by atoms with Crippen molar-refractivity contribution >= 4 is 39.3 Å². The number of halogens is 5. The van der Waals surface area contributed by atoms with Crippen LogP contribution in [0, 0.1) is 0 Å². The fourth-order valence-corrected chi connectivity index (χ4v) is 5.27. The molecule has 0 aliphatic carbocycles. The normalized spacial score (nSPS) is 13.8. The summed E-state index contributed by atoms with van der Waals surface area (Å²) in [6.45, 7) is -0.0486. The van der Waals surface area contributed by atoms with E-state index in [0.717, 1.165) is 4.57 Å². The maximum atomic E-state index is 14.2. The molecule has 1 unspecified atom stereocenters. The summed E-state index contributed by atoms with van der Waals surface area (Å²) in [5.74, 6) is -1.05. The number of methoxy groups -OCH3 is 1. The molecule has 5 rings (SSSR count). The second-order valence-corrected chi connectivity index (χ2v) is 10.7. The number of nitrogens with zero attached hydrogens (tertiary/aromatic N) is 3. The summed E-state index contributed by atoms with van der Waals surface area (Å²) in [5.41, 5.74) is -0.475. The topological polar surface area (TPSA) is 85.6 Å². The molecule has 4 aromatic rings. The third-order valence-corrected chi connectivity index (χ3v) is 8.15. The molecule has 2 heterocycles. The average Bonchev–Trinajstić information content (AvgIpc) is 3.28. The van der Waals surface area contributed by atoms with E-state index in [1.807, 2.05) is 0 Å². The molecule has 0 saturated heterocycles. The molecule has 1 aromatic heterocycles. The molecule has 8 nitrogen and oxygen atoms in total. The van der Waals surface area contributed by atoms with Gasteiger partial charge in [0.15, 0.2) is 6.04 Å². The molecule has 0 fully saturated rings. The van der Waals surface area contributed by atoms with Crippen LogP contribution in [0.3, 0.4) is 0 Å². The van der Waals surface area contributed by atoms with Crippen molar-refractivity contribution in [2.24, 2.45) is 0 Å². The molecule has 2 amide bonds. The molecule has 0 bridgehead atoms. The van der Waals surface area contributed by atoms with Gasteiger partial charge in [-0.1, -0.05) is 41.9 Å². The smallest absolute Gasteiger partial charge is 0.412 e. The highest BCUT2D eigenvalue weighted by molar-refractivity contribution is 9.10. The summed E-state index contributed by atoms with van der Waals surface area (Å²) >= 11 is 9.46. The Morgan fingerprint density at radius 1 is 1.02 bits per heavy atom. The van der Waals surface area contributed by atoms with Crippen molar-refractivity contribution in [1.29, 1.82) is 0 Å². The van der Waals surface area contributed by atoms with Crippen LogP contribution in [0.2, 0.25) is 5.02 Å². The van der Waals surface area contributed by atoms with Crippen LogP contribution in [0.5, 0.6) is 5.75 Å². The van der Waals surface area contributed by atoms with Crippen LogP contribution in [-0.2, 0) is 13.1 Å². The first-order chi connectivity index (χ1) is 20.0. The lowest BCUT2D eigenvalue weighted by molar-refractivity contribution is -0.155. The van der Waals surface area contributed by atoms with Crippen LogP contribution in [0.25, 0.3) is 5.69 Å². The van der Waals surface area contributed by atoms with Crippen LogP contribution in [0.15, 0.2) is 82.1 Å². The lowest BCUT2D eigenvalue weighted by atomic mass is 10.1. The standard InChI is InChI=1S/C29H23BrClF3N4O4/c1-42-20-10-8-19(9-11-20)38-24(26(39)35-25(29(32,33)34)17-5-3-2-4-6-17)23-16-36(13-14-37(23)28(38)41)27(40)18-7-12-21(30)22(31)15-18/h2-12,15,25H,13-14,16H2,1H3,(H,35,39). The third kappa shape index (κ3) is 5.68. The number of nitrogens with one attached hydrogen (secondary N) is 1. The van der Waals surface area contributed by atoms with E-state index in [0.29, 0.717) is 15.2 Å². The molecular formula is C29H23BrClF3N4O4. The second kappa shape index (κ2) is 11.7. The molecule has 42 heavy (non-hydrogen) atoms.